The highest BCUT2D eigenvalue weighted by atomic mass is 16.4. The Morgan fingerprint density at radius 2 is 1.75 bits per heavy atom. The van der Waals surface area contributed by atoms with Crippen LogP contribution in [0.5, 0.6) is 0 Å². The number of hydrogen-bond acceptors (Lipinski definition) is 3. The van der Waals surface area contributed by atoms with E-state index in [0.717, 1.165) is 6.42 Å². The van der Waals surface area contributed by atoms with Crippen molar-refractivity contribution in [1.82, 2.24) is 15.1 Å². The molecular formula is C13H23N3O4. The van der Waals surface area contributed by atoms with Gasteiger partial charge in [-0.05, 0) is 12.3 Å². The Morgan fingerprint density at radius 3 is 2.35 bits per heavy atom. The number of nitrogens with zero attached hydrogens (tertiary/aromatic N) is 2. The first kappa shape index (κ1) is 16.3. The minimum Gasteiger partial charge on any atom is -0.481 e. The number of nitrogens with one attached hydrogen (secondary N) is 1. The topological polar surface area (TPSA) is 90.0 Å². The van der Waals surface area contributed by atoms with Crippen LogP contribution in [-0.4, -0.2) is 65.5 Å². The summed E-state index contributed by atoms with van der Waals surface area (Å²) in [6, 6.07) is -0.187. The summed E-state index contributed by atoms with van der Waals surface area (Å²) in [5.74, 6) is -0.932. The maximum atomic E-state index is 12.0. The van der Waals surface area contributed by atoms with Gasteiger partial charge in [0, 0.05) is 46.1 Å². The van der Waals surface area contributed by atoms with Crippen LogP contribution < -0.4 is 5.32 Å². The largest absolute Gasteiger partial charge is 0.481 e. The number of carbonyl (C=O) groups is 3. The van der Waals surface area contributed by atoms with Gasteiger partial charge in [-0.3, -0.25) is 9.59 Å². The van der Waals surface area contributed by atoms with Gasteiger partial charge in [0.05, 0.1) is 0 Å². The van der Waals surface area contributed by atoms with Crippen molar-refractivity contribution in [1.29, 1.82) is 0 Å². The summed E-state index contributed by atoms with van der Waals surface area (Å²) in [6.07, 6.45) is 0.802. The predicted molar refractivity (Wildman–Crippen MR) is 73.3 cm³/mol. The number of carbonyl (C=O) groups excluding carboxylic acids is 2. The number of rotatable bonds is 4. The van der Waals surface area contributed by atoms with E-state index in [9.17, 15) is 14.4 Å². The van der Waals surface area contributed by atoms with Crippen LogP contribution >= 0.6 is 0 Å². The Morgan fingerprint density at radius 1 is 1.15 bits per heavy atom. The zero-order valence-electron chi connectivity index (χ0n) is 12.1. The third kappa shape index (κ3) is 5.46. The summed E-state index contributed by atoms with van der Waals surface area (Å²) >= 11 is 0. The Balaban J connectivity index is 2.36. The van der Waals surface area contributed by atoms with Crippen LogP contribution in [-0.2, 0) is 9.59 Å². The van der Waals surface area contributed by atoms with Crippen LogP contribution in [0.15, 0.2) is 0 Å². The van der Waals surface area contributed by atoms with Crippen molar-refractivity contribution in [2.75, 3.05) is 32.7 Å². The normalized spacial score (nSPS) is 17.3. The van der Waals surface area contributed by atoms with E-state index in [1.54, 1.807) is 16.7 Å². The van der Waals surface area contributed by atoms with Gasteiger partial charge in [0.25, 0.3) is 0 Å². The van der Waals surface area contributed by atoms with E-state index in [-0.39, 0.29) is 24.3 Å². The standard InChI is InChI=1S/C13H23N3O4/c1-10(8-12(18)19)9-14-13(20)16-5-3-4-15(6-7-16)11(2)17/h10H,3-9H2,1-2H3,(H,14,20)(H,18,19). The van der Waals surface area contributed by atoms with Gasteiger partial charge in [0.1, 0.15) is 0 Å². The molecule has 0 aromatic carbocycles. The molecule has 20 heavy (non-hydrogen) atoms. The minimum absolute atomic E-state index is 0.0299. The number of carboxylic acid groups (broad SMARTS) is 1. The fraction of sp³-hybridized carbons (Fsp3) is 0.769. The molecule has 0 bridgehead atoms. The molecule has 0 spiro atoms. The number of aliphatic carboxylic acids is 1. The molecule has 0 radical (unpaired) electrons. The van der Waals surface area contributed by atoms with E-state index < -0.39 is 5.97 Å². The molecule has 1 atom stereocenters. The van der Waals surface area contributed by atoms with Crippen LogP contribution in [0.4, 0.5) is 4.79 Å². The maximum absolute atomic E-state index is 12.0. The van der Waals surface area contributed by atoms with Crippen LogP contribution in [0.1, 0.15) is 26.7 Å². The summed E-state index contributed by atoms with van der Waals surface area (Å²) in [5.41, 5.74) is 0. The molecule has 3 amide bonds. The van der Waals surface area contributed by atoms with Crippen molar-refractivity contribution in [2.24, 2.45) is 5.92 Å². The predicted octanol–water partition coefficient (Wildman–Crippen LogP) is 0.361. The molecule has 1 rings (SSSR count). The molecular weight excluding hydrogens is 262 g/mol. The van der Waals surface area contributed by atoms with E-state index in [1.807, 2.05) is 0 Å². The van der Waals surface area contributed by atoms with E-state index >= 15 is 0 Å². The van der Waals surface area contributed by atoms with Crippen molar-refractivity contribution in [3.05, 3.63) is 0 Å². The molecule has 0 saturated carbocycles. The first-order valence-corrected chi connectivity index (χ1v) is 6.90. The first-order chi connectivity index (χ1) is 9.40. The van der Waals surface area contributed by atoms with Crippen molar-refractivity contribution < 1.29 is 19.5 Å². The van der Waals surface area contributed by atoms with Crippen molar-refractivity contribution >= 4 is 17.9 Å². The van der Waals surface area contributed by atoms with Gasteiger partial charge in [-0.25, -0.2) is 4.79 Å². The molecule has 2 N–H and O–H groups in total. The van der Waals surface area contributed by atoms with E-state index in [4.69, 9.17) is 5.11 Å². The Hall–Kier alpha value is -1.79. The Bertz CT molecular complexity index is 373. The summed E-state index contributed by atoms with van der Waals surface area (Å²) in [6.45, 7) is 6.01. The summed E-state index contributed by atoms with van der Waals surface area (Å²) < 4.78 is 0. The molecule has 0 aliphatic carbocycles. The van der Waals surface area contributed by atoms with Gasteiger partial charge in [0.15, 0.2) is 0 Å². The Labute approximate surface area is 118 Å². The van der Waals surface area contributed by atoms with Crippen LogP contribution in [0, 0.1) is 5.92 Å². The number of amides is 3. The molecule has 1 saturated heterocycles. The quantitative estimate of drug-likeness (QED) is 0.780. The second-order valence-electron chi connectivity index (χ2n) is 5.24. The first-order valence-electron chi connectivity index (χ1n) is 6.90. The number of carboxylic acids is 1. The summed E-state index contributed by atoms with van der Waals surface area (Å²) in [7, 11) is 0. The molecule has 1 fully saturated rings. The second kappa shape index (κ2) is 7.72. The van der Waals surface area contributed by atoms with Crippen LogP contribution in [0.2, 0.25) is 0 Å². The smallest absolute Gasteiger partial charge is 0.317 e. The maximum Gasteiger partial charge on any atom is 0.317 e. The third-order valence-corrected chi connectivity index (χ3v) is 3.35. The molecule has 0 aromatic rings. The third-order valence-electron chi connectivity index (χ3n) is 3.35. The lowest BCUT2D eigenvalue weighted by molar-refractivity contribution is -0.138. The fourth-order valence-electron chi connectivity index (χ4n) is 2.18. The molecule has 114 valence electrons. The minimum atomic E-state index is -0.862. The number of urea groups is 1. The highest BCUT2D eigenvalue weighted by Crippen LogP contribution is 2.05. The lowest BCUT2D eigenvalue weighted by atomic mass is 10.1. The van der Waals surface area contributed by atoms with Gasteiger partial charge in [0.2, 0.25) is 5.91 Å². The van der Waals surface area contributed by atoms with Gasteiger partial charge >= 0.3 is 12.0 Å². The molecule has 7 heteroatoms. The summed E-state index contributed by atoms with van der Waals surface area (Å²) in [4.78, 5) is 37.2. The van der Waals surface area contributed by atoms with Crippen LogP contribution in [0.25, 0.3) is 0 Å². The van der Waals surface area contributed by atoms with Crippen molar-refractivity contribution in [2.45, 2.75) is 26.7 Å². The van der Waals surface area contributed by atoms with E-state index in [0.29, 0.717) is 32.7 Å². The molecule has 1 unspecified atom stereocenters. The van der Waals surface area contributed by atoms with Crippen LogP contribution in [0.3, 0.4) is 0 Å². The van der Waals surface area contributed by atoms with Gasteiger partial charge in [-0.2, -0.15) is 0 Å². The fourth-order valence-corrected chi connectivity index (χ4v) is 2.18. The zero-order valence-corrected chi connectivity index (χ0v) is 12.1. The average molecular weight is 285 g/mol. The second-order valence-corrected chi connectivity index (χ2v) is 5.24. The Kier molecular flexibility index (Phi) is 6.27. The molecule has 1 aliphatic heterocycles. The van der Waals surface area contributed by atoms with Gasteiger partial charge < -0.3 is 20.2 Å². The van der Waals surface area contributed by atoms with Crippen molar-refractivity contribution in [3.8, 4) is 0 Å². The lowest BCUT2D eigenvalue weighted by Crippen LogP contribution is -2.43. The average Bonchev–Trinajstić information content (AvgIpc) is 2.60. The summed E-state index contributed by atoms with van der Waals surface area (Å²) in [5, 5.41) is 11.4. The molecule has 7 nitrogen and oxygen atoms in total. The SMILES string of the molecule is CC(=O)N1CCCN(C(=O)NCC(C)CC(=O)O)CC1. The lowest BCUT2D eigenvalue weighted by Gasteiger charge is -2.22. The number of hydrogen-bond donors (Lipinski definition) is 2. The molecule has 1 heterocycles. The zero-order chi connectivity index (χ0) is 15.1. The van der Waals surface area contributed by atoms with Gasteiger partial charge in [-0.1, -0.05) is 6.92 Å². The van der Waals surface area contributed by atoms with E-state index in [2.05, 4.69) is 5.32 Å². The van der Waals surface area contributed by atoms with E-state index in [1.165, 1.54) is 6.92 Å². The molecule has 1 aliphatic rings. The van der Waals surface area contributed by atoms with Gasteiger partial charge in [-0.15, -0.1) is 0 Å². The monoisotopic (exact) mass is 285 g/mol. The highest BCUT2D eigenvalue weighted by Gasteiger charge is 2.20. The highest BCUT2D eigenvalue weighted by molar-refractivity contribution is 5.75. The van der Waals surface area contributed by atoms with Crippen molar-refractivity contribution in [3.63, 3.8) is 0 Å². The molecule has 0 aromatic heterocycles.